The van der Waals surface area contributed by atoms with Crippen LogP contribution in [0.15, 0.2) is 18.2 Å². The lowest BCUT2D eigenvalue weighted by Crippen LogP contribution is -2.14. The van der Waals surface area contributed by atoms with Crippen LogP contribution < -0.4 is 5.73 Å². The van der Waals surface area contributed by atoms with Crippen molar-refractivity contribution < 1.29 is 4.39 Å². The summed E-state index contributed by atoms with van der Waals surface area (Å²) in [6.45, 7) is 1.98. The minimum absolute atomic E-state index is 0.217. The van der Waals surface area contributed by atoms with Crippen LogP contribution in [0.1, 0.15) is 25.3 Å². The Morgan fingerprint density at radius 2 is 2.21 bits per heavy atom. The number of halogens is 2. The van der Waals surface area contributed by atoms with E-state index in [1.807, 2.05) is 6.92 Å². The number of hydrogen-bond donors (Lipinski definition) is 1. The van der Waals surface area contributed by atoms with E-state index in [9.17, 15) is 4.39 Å². The number of nitrogens with two attached hydrogens (primary N) is 1. The van der Waals surface area contributed by atoms with E-state index in [4.69, 9.17) is 17.3 Å². The third-order valence-corrected chi connectivity index (χ3v) is 2.47. The lowest BCUT2D eigenvalue weighted by atomic mass is 10.1. The first-order chi connectivity index (χ1) is 6.59. The molecule has 1 rings (SSSR count). The van der Waals surface area contributed by atoms with Crippen molar-refractivity contribution in [1.29, 1.82) is 0 Å². The van der Waals surface area contributed by atoms with Crippen LogP contribution in [0, 0.1) is 5.82 Å². The van der Waals surface area contributed by atoms with Crippen LogP contribution in [0.3, 0.4) is 0 Å². The Hall–Kier alpha value is -0.600. The first-order valence-electron chi connectivity index (χ1n) is 4.79. The molecule has 0 radical (unpaired) electrons. The average molecular weight is 216 g/mol. The lowest BCUT2D eigenvalue weighted by molar-refractivity contribution is 0.617. The van der Waals surface area contributed by atoms with Crippen molar-refractivity contribution in [2.45, 2.75) is 32.2 Å². The summed E-state index contributed by atoms with van der Waals surface area (Å²) in [5.74, 6) is -0.286. The molecule has 0 aliphatic heterocycles. The van der Waals surface area contributed by atoms with Gasteiger partial charge in [-0.3, -0.25) is 0 Å². The highest BCUT2D eigenvalue weighted by Crippen LogP contribution is 2.19. The van der Waals surface area contributed by atoms with E-state index in [1.165, 1.54) is 12.1 Å². The predicted octanol–water partition coefficient (Wildman–Crippen LogP) is 3.15. The SMILES string of the molecule is CC(N)CCCc1ccc(F)cc1Cl. The molecule has 3 heteroatoms. The molecule has 0 aliphatic carbocycles. The zero-order valence-corrected chi connectivity index (χ0v) is 9.02. The van der Waals surface area contributed by atoms with Crippen LogP contribution in [0.2, 0.25) is 5.02 Å². The van der Waals surface area contributed by atoms with Crippen molar-refractivity contribution in [2.75, 3.05) is 0 Å². The predicted molar refractivity (Wildman–Crippen MR) is 58.0 cm³/mol. The van der Waals surface area contributed by atoms with Gasteiger partial charge in [-0.15, -0.1) is 0 Å². The van der Waals surface area contributed by atoms with Crippen LogP contribution in [0.4, 0.5) is 4.39 Å². The topological polar surface area (TPSA) is 26.0 Å². The molecule has 14 heavy (non-hydrogen) atoms. The molecule has 0 aromatic heterocycles. The second kappa shape index (κ2) is 5.32. The molecule has 1 atom stereocenters. The van der Waals surface area contributed by atoms with Crippen LogP contribution in [-0.2, 0) is 6.42 Å². The Bertz CT molecular complexity index is 299. The molecule has 2 N–H and O–H groups in total. The van der Waals surface area contributed by atoms with Crippen LogP contribution in [-0.4, -0.2) is 6.04 Å². The lowest BCUT2D eigenvalue weighted by Gasteiger charge is -2.06. The van der Waals surface area contributed by atoms with Gasteiger partial charge in [0, 0.05) is 11.1 Å². The minimum Gasteiger partial charge on any atom is -0.328 e. The zero-order chi connectivity index (χ0) is 10.6. The normalized spacial score (nSPS) is 12.9. The van der Waals surface area contributed by atoms with Gasteiger partial charge in [0.2, 0.25) is 0 Å². The van der Waals surface area contributed by atoms with Crippen molar-refractivity contribution in [1.82, 2.24) is 0 Å². The summed E-state index contributed by atoms with van der Waals surface area (Å²) in [7, 11) is 0. The molecule has 0 aliphatic rings. The van der Waals surface area contributed by atoms with E-state index in [-0.39, 0.29) is 11.9 Å². The van der Waals surface area contributed by atoms with E-state index >= 15 is 0 Å². The molecule has 0 heterocycles. The average Bonchev–Trinajstić information content (AvgIpc) is 2.08. The van der Waals surface area contributed by atoms with Crippen LogP contribution in [0.25, 0.3) is 0 Å². The van der Waals surface area contributed by atoms with Gasteiger partial charge in [-0.1, -0.05) is 17.7 Å². The first kappa shape index (κ1) is 11.5. The van der Waals surface area contributed by atoms with Gasteiger partial charge in [0.25, 0.3) is 0 Å². The number of rotatable bonds is 4. The molecule has 0 spiro atoms. The highest BCUT2D eigenvalue weighted by Gasteiger charge is 2.02. The van der Waals surface area contributed by atoms with Gasteiger partial charge in [-0.05, 0) is 43.9 Å². The van der Waals surface area contributed by atoms with Crippen LogP contribution >= 0.6 is 11.6 Å². The van der Waals surface area contributed by atoms with Crippen molar-refractivity contribution in [3.63, 3.8) is 0 Å². The molecule has 0 bridgehead atoms. The Kier molecular flexibility index (Phi) is 4.36. The van der Waals surface area contributed by atoms with E-state index in [0.29, 0.717) is 5.02 Å². The van der Waals surface area contributed by atoms with E-state index in [0.717, 1.165) is 24.8 Å². The fourth-order valence-corrected chi connectivity index (χ4v) is 1.60. The first-order valence-corrected chi connectivity index (χ1v) is 5.17. The molecular weight excluding hydrogens is 201 g/mol. The smallest absolute Gasteiger partial charge is 0.124 e. The maximum Gasteiger partial charge on any atom is 0.124 e. The summed E-state index contributed by atoms with van der Waals surface area (Å²) < 4.78 is 12.7. The van der Waals surface area contributed by atoms with Gasteiger partial charge in [-0.25, -0.2) is 4.39 Å². The zero-order valence-electron chi connectivity index (χ0n) is 8.26. The summed E-state index contributed by atoms with van der Waals surface area (Å²) in [6.07, 6.45) is 2.82. The van der Waals surface area contributed by atoms with Gasteiger partial charge in [-0.2, -0.15) is 0 Å². The summed E-state index contributed by atoms with van der Waals surface area (Å²) in [4.78, 5) is 0. The van der Waals surface area contributed by atoms with Crippen LogP contribution in [0.5, 0.6) is 0 Å². The molecule has 0 amide bonds. The Balaban J connectivity index is 2.51. The molecule has 1 aromatic rings. The maximum absolute atomic E-state index is 12.7. The van der Waals surface area contributed by atoms with E-state index < -0.39 is 0 Å². The van der Waals surface area contributed by atoms with Crippen molar-refractivity contribution in [2.24, 2.45) is 5.73 Å². The van der Waals surface area contributed by atoms with Gasteiger partial charge < -0.3 is 5.73 Å². The fourth-order valence-electron chi connectivity index (χ4n) is 1.34. The third kappa shape index (κ3) is 3.64. The highest BCUT2D eigenvalue weighted by atomic mass is 35.5. The summed E-state index contributed by atoms with van der Waals surface area (Å²) in [6, 6.07) is 4.74. The number of aryl methyl sites for hydroxylation is 1. The van der Waals surface area contributed by atoms with E-state index in [1.54, 1.807) is 6.07 Å². The van der Waals surface area contributed by atoms with Crippen molar-refractivity contribution >= 4 is 11.6 Å². The van der Waals surface area contributed by atoms with E-state index in [2.05, 4.69) is 0 Å². The summed E-state index contributed by atoms with van der Waals surface area (Å²) >= 11 is 5.87. The maximum atomic E-state index is 12.7. The Morgan fingerprint density at radius 1 is 1.50 bits per heavy atom. The van der Waals surface area contributed by atoms with Crippen molar-refractivity contribution in [3.8, 4) is 0 Å². The van der Waals surface area contributed by atoms with Gasteiger partial charge in [0.1, 0.15) is 5.82 Å². The highest BCUT2D eigenvalue weighted by molar-refractivity contribution is 6.31. The quantitative estimate of drug-likeness (QED) is 0.821. The second-order valence-corrected chi connectivity index (χ2v) is 4.01. The molecule has 1 unspecified atom stereocenters. The molecule has 0 fully saturated rings. The number of hydrogen-bond acceptors (Lipinski definition) is 1. The summed E-state index contributed by atoms with van der Waals surface area (Å²) in [5.41, 5.74) is 6.62. The molecule has 78 valence electrons. The summed E-state index contributed by atoms with van der Waals surface area (Å²) in [5, 5.41) is 0.509. The standard InChI is InChI=1S/C11H15ClFN/c1-8(14)3-2-4-9-5-6-10(13)7-11(9)12/h5-8H,2-4,14H2,1H3. The van der Waals surface area contributed by atoms with Crippen molar-refractivity contribution in [3.05, 3.63) is 34.6 Å². The fraction of sp³-hybridized carbons (Fsp3) is 0.455. The van der Waals surface area contributed by atoms with Gasteiger partial charge in [0.05, 0.1) is 0 Å². The monoisotopic (exact) mass is 215 g/mol. The third-order valence-electron chi connectivity index (χ3n) is 2.12. The van der Waals surface area contributed by atoms with Gasteiger partial charge >= 0.3 is 0 Å². The molecule has 0 saturated heterocycles. The largest absolute Gasteiger partial charge is 0.328 e. The van der Waals surface area contributed by atoms with Gasteiger partial charge in [0.15, 0.2) is 0 Å². The number of benzene rings is 1. The Morgan fingerprint density at radius 3 is 2.79 bits per heavy atom. The second-order valence-electron chi connectivity index (χ2n) is 3.61. The Labute approximate surface area is 89.1 Å². The molecule has 1 aromatic carbocycles. The molecule has 1 nitrogen and oxygen atoms in total. The molecule has 0 saturated carbocycles. The minimum atomic E-state index is -0.286. The molecular formula is C11H15ClFN.